The molecule has 154 valence electrons. The Morgan fingerprint density at radius 2 is 1.66 bits per heavy atom. The van der Waals surface area contributed by atoms with Gasteiger partial charge in [0.25, 0.3) is 0 Å². The number of aliphatic hydroxyl groups is 1. The molecule has 1 amide bonds. The van der Waals surface area contributed by atoms with Crippen LogP contribution in [0.4, 0.5) is 4.79 Å². The van der Waals surface area contributed by atoms with E-state index in [4.69, 9.17) is 4.74 Å². The zero-order valence-electron chi connectivity index (χ0n) is 17.5. The number of carbonyl (C=O) groups is 1. The normalized spacial score (nSPS) is 19.7. The maximum absolute atomic E-state index is 12.8. The van der Waals surface area contributed by atoms with E-state index in [2.05, 4.69) is 48.2 Å². The molecule has 1 N–H and O–H groups in total. The molecule has 1 saturated heterocycles. The van der Waals surface area contributed by atoms with Crippen LogP contribution >= 0.6 is 0 Å². The van der Waals surface area contributed by atoms with Gasteiger partial charge in [-0.3, -0.25) is 4.90 Å². The largest absolute Gasteiger partial charge is 0.448 e. The highest BCUT2D eigenvalue weighted by Gasteiger charge is 2.32. The number of rotatable bonds is 4. The molecule has 1 fully saturated rings. The van der Waals surface area contributed by atoms with E-state index in [0.29, 0.717) is 26.2 Å². The van der Waals surface area contributed by atoms with Crippen molar-refractivity contribution >= 4 is 6.09 Å². The molecule has 29 heavy (non-hydrogen) atoms. The Kier molecular flexibility index (Phi) is 5.36. The molecule has 0 radical (unpaired) electrons. The van der Waals surface area contributed by atoms with Crippen LogP contribution in [0.25, 0.3) is 11.1 Å². The SMILES string of the molecule is CC1CN(C(=O)OCC2c3ccccc3-c3ccccc32)CCN1CC(C)(C)O. The molecule has 0 saturated carbocycles. The number of β-amino-alcohol motifs (C(OH)–C–C–N with tert-alkyl or cyclic N) is 1. The second-order valence-electron chi connectivity index (χ2n) is 8.88. The minimum atomic E-state index is -0.736. The molecule has 0 bridgehead atoms. The third-order valence-electron chi connectivity index (χ3n) is 5.95. The molecule has 2 aromatic carbocycles. The van der Waals surface area contributed by atoms with Gasteiger partial charge in [0.1, 0.15) is 6.61 Å². The van der Waals surface area contributed by atoms with E-state index >= 15 is 0 Å². The van der Waals surface area contributed by atoms with Crippen LogP contribution in [-0.4, -0.2) is 65.4 Å². The van der Waals surface area contributed by atoms with Gasteiger partial charge in [-0.25, -0.2) is 4.79 Å². The number of hydrogen-bond donors (Lipinski definition) is 1. The summed E-state index contributed by atoms with van der Waals surface area (Å²) in [6.45, 7) is 8.67. The molecule has 1 unspecified atom stereocenters. The van der Waals surface area contributed by atoms with Gasteiger partial charge in [0.15, 0.2) is 0 Å². The standard InChI is InChI=1S/C24H30N2O3/c1-17-14-25(12-13-26(17)16-24(2,3)28)23(27)29-15-22-20-10-6-4-8-18(20)19-9-5-7-11-21(19)22/h4-11,17,22,28H,12-16H2,1-3H3. The summed E-state index contributed by atoms with van der Waals surface area (Å²) in [5.74, 6) is 0.0836. The summed E-state index contributed by atoms with van der Waals surface area (Å²) in [6, 6.07) is 16.9. The molecule has 1 heterocycles. The molecule has 0 spiro atoms. The van der Waals surface area contributed by atoms with E-state index < -0.39 is 5.60 Å². The first-order valence-corrected chi connectivity index (χ1v) is 10.4. The van der Waals surface area contributed by atoms with Crippen molar-refractivity contribution in [2.24, 2.45) is 0 Å². The Balaban J connectivity index is 1.40. The fourth-order valence-corrected chi connectivity index (χ4v) is 4.58. The second-order valence-corrected chi connectivity index (χ2v) is 8.88. The summed E-state index contributed by atoms with van der Waals surface area (Å²) in [7, 11) is 0. The predicted octanol–water partition coefficient (Wildman–Crippen LogP) is 3.71. The Labute approximate surface area is 172 Å². The van der Waals surface area contributed by atoms with Crippen molar-refractivity contribution in [2.45, 2.75) is 38.3 Å². The molecular weight excluding hydrogens is 364 g/mol. The highest BCUT2D eigenvalue weighted by Crippen LogP contribution is 2.44. The van der Waals surface area contributed by atoms with Crippen LogP contribution in [0.5, 0.6) is 0 Å². The first-order chi connectivity index (χ1) is 13.8. The average molecular weight is 395 g/mol. The highest BCUT2D eigenvalue weighted by molar-refractivity contribution is 5.79. The van der Waals surface area contributed by atoms with Gasteiger partial charge in [-0.05, 0) is 43.0 Å². The molecule has 1 aliphatic heterocycles. The number of amides is 1. The van der Waals surface area contributed by atoms with E-state index in [1.165, 1.54) is 22.3 Å². The van der Waals surface area contributed by atoms with Gasteiger partial charge < -0.3 is 14.7 Å². The van der Waals surface area contributed by atoms with E-state index in [0.717, 1.165) is 6.54 Å². The van der Waals surface area contributed by atoms with Crippen molar-refractivity contribution in [2.75, 3.05) is 32.8 Å². The number of piperazine rings is 1. The molecule has 1 atom stereocenters. The molecule has 5 nitrogen and oxygen atoms in total. The summed E-state index contributed by atoms with van der Waals surface area (Å²) in [5, 5.41) is 10.1. The van der Waals surface area contributed by atoms with Gasteiger partial charge in [0.2, 0.25) is 0 Å². The van der Waals surface area contributed by atoms with Gasteiger partial charge in [0, 0.05) is 38.1 Å². The molecule has 2 aliphatic rings. The van der Waals surface area contributed by atoms with Crippen LogP contribution in [0.1, 0.15) is 37.8 Å². The lowest BCUT2D eigenvalue weighted by molar-refractivity contribution is -0.00436. The van der Waals surface area contributed by atoms with Crippen molar-refractivity contribution in [3.63, 3.8) is 0 Å². The lowest BCUT2D eigenvalue weighted by Gasteiger charge is -2.41. The maximum Gasteiger partial charge on any atom is 0.409 e. The summed E-state index contributed by atoms with van der Waals surface area (Å²) in [6.07, 6.45) is -0.248. The average Bonchev–Trinajstić information content (AvgIpc) is 3.01. The van der Waals surface area contributed by atoms with Gasteiger partial charge >= 0.3 is 6.09 Å². The lowest BCUT2D eigenvalue weighted by atomic mass is 9.98. The Bertz CT molecular complexity index is 844. The summed E-state index contributed by atoms with van der Waals surface area (Å²) >= 11 is 0. The molecule has 1 aliphatic carbocycles. The molecule has 5 heteroatoms. The summed E-state index contributed by atoms with van der Waals surface area (Å²) in [5.41, 5.74) is 4.19. The fourth-order valence-electron chi connectivity index (χ4n) is 4.58. The van der Waals surface area contributed by atoms with Crippen molar-refractivity contribution in [1.82, 2.24) is 9.80 Å². The number of fused-ring (bicyclic) bond motifs is 3. The van der Waals surface area contributed by atoms with Crippen molar-refractivity contribution < 1.29 is 14.6 Å². The molecule has 0 aromatic heterocycles. The summed E-state index contributed by atoms with van der Waals surface area (Å²) in [4.78, 5) is 16.8. The van der Waals surface area contributed by atoms with E-state index in [9.17, 15) is 9.90 Å². The number of benzene rings is 2. The third-order valence-corrected chi connectivity index (χ3v) is 5.95. The first-order valence-electron chi connectivity index (χ1n) is 10.4. The van der Waals surface area contributed by atoms with Crippen LogP contribution in [0.3, 0.4) is 0 Å². The van der Waals surface area contributed by atoms with Gasteiger partial charge in [-0.15, -0.1) is 0 Å². The molecule has 4 rings (SSSR count). The van der Waals surface area contributed by atoms with Crippen molar-refractivity contribution in [1.29, 1.82) is 0 Å². The van der Waals surface area contributed by atoms with Crippen molar-refractivity contribution in [3.05, 3.63) is 59.7 Å². The van der Waals surface area contributed by atoms with Crippen LogP contribution in [0.15, 0.2) is 48.5 Å². The monoisotopic (exact) mass is 394 g/mol. The Hall–Kier alpha value is -2.37. The van der Waals surface area contributed by atoms with Gasteiger partial charge in [0.05, 0.1) is 5.60 Å². The smallest absolute Gasteiger partial charge is 0.409 e. The lowest BCUT2D eigenvalue weighted by Crippen LogP contribution is -2.56. The van der Waals surface area contributed by atoms with Crippen LogP contribution in [0, 0.1) is 0 Å². The number of nitrogens with zero attached hydrogens (tertiary/aromatic N) is 2. The quantitative estimate of drug-likeness (QED) is 0.859. The molecular formula is C24H30N2O3. The van der Waals surface area contributed by atoms with Gasteiger partial charge in [-0.2, -0.15) is 0 Å². The predicted molar refractivity (Wildman–Crippen MR) is 114 cm³/mol. The Morgan fingerprint density at radius 3 is 2.21 bits per heavy atom. The number of hydrogen-bond acceptors (Lipinski definition) is 4. The minimum Gasteiger partial charge on any atom is -0.448 e. The fraction of sp³-hybridized carbons (Fsp3) is 0.458. The highest BCUT2D eigenvalue weighted by atomic mass is 16.6. The summed E-state index contributed by atoms with van der Waals surface area (Å²) < 4.78 is 5.78. The van der Waals surface area contributed by atoms with Crippen LogP contribution in [0.2, 0.25) is 0 Å². The van der Waals surface area contributed by atoms with E-state index in [1.54, 1.807) is 4.90 Å². The number of carbonyl (C=O) groups excluding carboxylic acids is 1. The minimum absolute atomic E-state index is 0.0836. The van der Waals surface area contributed by atoms with Crippen LogP contribution in [-0.2, 0) is 4.74 Å². The number of ether oxygens (including phenoxy) is 1. The van der Waals surface area contributed by atoms with E-state index in [-0.39, 0.29) is 18.1 Å². The first kappa shape index (κ1) is 19.9. The second kappa shape index (κ2) is 7.81. The van der Waals surface area contributed by atoms with Crippen LogP contribution < -0.4 is 0 Å². The van der Waals surface area contributed by atoms with E-state index in [1.807, 2.05) is 26.0 Å². The zero-order chi connectivity index (χ0) is 20.6. The Morgan fingerprint density at radius 1 is 1.07 bits per heavy atom. The van der Waals surface area contributed by atoms with Crippen molar-refractivity contribution in [3.8, 4) is 11.1 Å². The zero-order valence-corrected chi connectivity index (χ0v) is 17.5. The third kappa shape index (κ3) is 4.16. The maximum atomic E-state index is 12.8. The van der Waals surface area contributed by atoms with Gasteiger partial charge in [-0.1, -0.05) is 48.5 Å². The topological polar surface area (TPSA) is 53.0 Å². The molecule has 2 aromatic rings.